The number of hydrogen-bond donors (Lipinski definition) is 0. The Kier molecular flexibility index (Phi) is 5.11. The molecule has 6 heteroatoms. The van der Waals surface area contributed by atoms with Crippen molar-refractivity contribution >= 4 is 0 Å². The van der Waals surface area contributed by atoms with Crippen LogP contribution in [0.4, 0.5) is 0 Å². The molecule has 0 aliphatic carbocycles. The zero-order valence-corrected chi connectivity index (χ0v) is 15.6. The molecule has 0 aliphatic heterocycles. The molecule has 0 saturated carbocycles. The highest BCUT2D eigenvalue weighted by Crippen LogP contribution is 2.32. The fraction of sp³-hybridized carbons (Fsp3) is 0.300. The normalized spacial score (nSPS) is 11.9. The molecule has 0 saturated heterocycles. The molecule has 26 heavy (non-hydrogen) atoms. The lowest BCUT2D eigenvalue weighted by atomic mass is 10.1. The predicted octanol–water partition coefficient (Wildman–Crippen LogP) is 4.51. The molecule has 1 aromatic heterocycles. The summed E-state index contributed by atoms with van der Waals surface area (Å²) in [5.74, 6) is 2.90. The highest BCUT2D eigenvalue weighted by Gasteiger charge is 2.18. The fourth-order valence-corrected chi connectivity index (χ4v) is 2.53. The van der Waals surface area contributed by atoms with Gasteiger partial charge in [-0.15, -0.1) is 0 Å². The summed E-state index contributed by atoms with van der Waals surface area (Å²) in [5, 5.41) is 4.05. The minimum Gasteiger partial charge on any atom is -0.493 e. The van der Waals surface area contributed by atoms with Crippen LogP contribution in [0.15, 0.2) is 40.9 Å². The molecule has 6 nitrogen and oxygen atoms in total. The molecule has 0 spiro atoms. The van der Waals surface area contributed by atoms with Crippen molar-refractivity contribution in [2.45, 2.75) is 26.9 Å². The van der Waals surface area contributed by atoms with Gasteiger partial charge < -0.3 is 18.7 Å². The predicted molar refractivity (Wildman–Crippen MR) is 97.8 cm³/mol. The third-order valence-electron chi connectivity index (χ3n) is 4.22. The van der Waals surface area contributed by atoms with Crippen LogP contribution in [0.1, 0.15) is 30.0 Å². The van der Waals surface area contributed by atoms with E-state index >= 15 is 0 Å². The number of methoxy groups -OCH3 is 2. The average Bonchev–Trinajstić information content (AvgIpc) is 3.14. The lowest BCUT2D eigenvalue weighted by Gasteiger charge is -2.12. The summed E-state index contributed by atoms with van der Waals surface area (Å²) in [6.07, 6.45) is -0.362. The van der Waals surface area contributed by atoms with Crippen molar-refractivity contribution in [2.75, 3.05) is 14.2 Å². The van der Waals surface area contributed by atoms with Crippen LogP contribution in [0, 0.1) is 13.8 Å². The van der Waals surface area contributed by atoms with Crippen molar-refractivity contribution in [2.24, 2.45) is 0 Å². The van der Waals surface area contributed by atoms with Gasteiger partial charge in [0.2, 0.25) is 5.82 Å². The van der Waals surface area contributed by atoms with E-state index in [1.54, 1.807) is 20.3 Å². The molecule has 0 bridgehead atoms. The van der Waals surface area contributed by atoms with Crippen LogP contribution < -0.4 is 14.2 Å². The van der Waals surface area contributed by atoms with Crippen LogP contribution in [0.3, 0.4) is 0 Å². The highest BCUT2D eigenvalue weighted by molar-refractivity contribution is 5.60. The smallest absolute Gasteiger partial charge is 0.267 e. The summed E-state index contributed by atoms with van der Waals surface area (Å²) in [6.45, 7) is 5.99. The lowest BCUT2D eigenvalue weighted by molar-refractivity contribution is 0.175. The maximum Gasteiger partial charge on any atom is 0.267 e. The number of ether oxygens (including phenoxy) is 3. The first-order valence-electron chi connectivity index (χ1n) is 8.31. The fourth-order valence-electron chi connectivity index (χ4n) is 2.53. The van der Waals surface area contributed by atoms with Gasteiger partial charge in [0.15, 0.2) is 17.6 Å². The number of rotatable bonds is 6. The average molecular weight is 354 g/mol. The molecule has 3 aromatic rings. The largest absolute Gasteiger partial charge is 0.493 e. The van der Waals surface area contributed by atoms with Gasteiger partial charge in [-0.25, -0.2) is 0 Å². The molecule has 1 unspecified atom stereocenters. The second kappa shape index (κ2) is 7.47. The summed E-state index contributed by atoms with van der Waals surface area (Å²) in [4.78, 5) is 4.45. The second-order valence-electron chi connectivity index (χ2n) is 6.03. The van der Waals surface area contributed by atoms with Gasteiger partial charge in [-0.05, 0) is 62.2 Å². The number of aryl methyl sites for hydroxylation is 2. The van der Waals surface area contributed by atoms with Gasteiger partial charge in [0.25, 0.3) is 5.89 Å². The first-order valence-corrected chi connectivity index (χ1v) is 8.31. The zero-order chi connectivity index (χ0) is 18.7. The van der Waals surface area contributed by atoms with Gasteiger partial charge in [-0.1, -0.05) is 11.2 Å². The van der Waals surface area contributed by atoms with E-state index in [-0.39, 0.29) is 6.10 Å². The van der Waals surface area contributed by atoms with Crippen molar-refractivity contribution < 1.29 is 18.7 Å². The number of nitrogens with zero attached hydrogens (tertiary/aromatic N) is 2. The quantitative estimate of drug-likeness (QED) is 0.649. The van der Waals surface area contributed by atoms with Crippen LogP contribution in [0.25, 0.3) is 11.4 Å². The van der Waals surface area contributed by atoms with Crippen molar-refractivity contribution in [3.8, 4) is 28.6 Å². The number of benzene rings is 2. The van der Waals surface area contributed by atoms with Crippen molar-refractivity contribution in [3.05, 3.63) is 53.4 Å². The molecule has 0 N–H and O–H groups in total. The van der Waals surface area contributed by atoms with Gasteiger partial charge in [0.05, 0.1) is 14.2 Å². The van der Waals surface area contributed by atoms with E-state index in [2.05, 4.69) is 24.0 Å². The van der Waals surface area contributed by atoms with E-state index in [1.807, 2.05) is 37.3 Å². The Labute approximate surface area is 152 Å². The van der Waals surface area contributed by atoms with Crippen LogP contribution >= 0.6 is 0 Å². The van der Waals surface area contributed by atoms with Gasteiger partial charge in [-0.2, -0.15) is 4.98 Å². The topological polar surface area (TPSA) is 66.6 Å². The minimum absolute atomic E-state index is 0.362. The van der Waals surface area contributed by atoms with E-state index < -0.39 is 0 Å². The van der Waals surface area contributed by atoms with E-state index in [9.17, 15) is 0 Å². The van der Waals surface area contributed by atoms with E-state index in [0.717, 1.165) is 11.3 Å². The molecule has 1 atom stereocenters. The van der Waals surface area contributed by atoms with E-state index in [0.29, 0.717) is 23.2 Å². The summed E-state index contributed by atoms with van der Waals surface area (Å²) in [6, 6.07) is 11.4. The van der Waals surface area contributed by atoms with Crippen LogP contribution in [-0.2, 0) is 0 Å². The van der Waals surface area contributed by atoms with Gasteiger partial charge in [0, 0.05) is 5.56 Å². The van der Waals surface area contributed by atoms with Crippen LogP contribution in [0.2, 0.25) is 0 Å². The Morgan fingerprint density at radius 1 is 0.923 bits per heavy atom. The molecule has 0 aliphatic rings. The Hall–Kier alpha value is -3.02. The standard InChI is InChI=1S/C20H22N2O4/c1-12-6-8-16(10-13(12)2)25-14(3)20-21-19(22-26-20)15-7-9-17(23-4)18(11-15)24-5/h6-11,14H,1-5H3. The molecule has 2 aromatic carbocycles. The third-order valence-corrected chi connectivity index (χ3v) is 4.22. The molecule has 3 rings (SSSR count). The minimum atomic E-state index is -0.362. The second-order valence-corrected chi connectivity index (χ2v) is 6.03. The van der Waals surface area contributed by atoms with Crippen molar-refractivity contribution in [3.63, 3.8) is 0 Å². The molecule has 136 valence electrons. The van der Waals surface area contributed by atoms with Gasteiger partial charge in [-0.3, -0.25) is 0 Å². The van der Waals surface area contributed by atoms with E-state index in [4.69, 9.17) is 18.7 Å². The Morgan fingerprint density at radius 2 is 1.69 bits per heavy atom. The summed E-state index contributed by atoms with van der Waals surface area (Å²) in [5.41, 5.74) is 3.17. The van der Waals surface area contributed by atoms with Crippen LogP contribution in [0.5, 0.6) is 17.2 Å². The van der Waals surface area contributed by atoms with E-state index in [1.165, 1.54) is 11.1 Å². The maximum absolute atomic E-state index is 5.93. The van der Waals surface area contributed by atoms with Crippen molar-refractivity contribution in [1.82, 2.24) is 10.1 Å². The number of hydrogen-bond acceptors (Lipinski definition) is 6. The molecule has 0 radical (unpaired) electrons. The number of aromatic nitrogens is 2. The summed E-state index contributed by atoms with van der Waals surface area (Å²) in [7, 11) is 3.18. The van der Waals surface area contributed by atoms with Crippen LogP contribution in [-0.4, -0.2) is 24.4 Å². The molecular formula is C20H22N2O4. The molecular weight excluding hydrogens is 332 g/mol. The first-order chi connectivity index (χ1) is 12.5. The summed E-state index contributed by atoms with van der Waals surface area (Å²) < 4.78 is 21.9. The third kappa shape index (κ3) is 3.64. The lowest BCUT2D eigenvalue weighted by Crippen LogP contribution is -2.03. The highest BCUT2D eigenvalue weighted by atomic mass is 16.5. The molecule has 0 fully saturated rings. The zero-order valence-electron chi connectivity index (χ0n) is 15.6. The van der Waals surface area contributed by atoms with Crippen molar-refractivity contribution in [1.29, 1.82) is 0 Å². The molecule has 1 heterocycles. The first kappa shape index (κ1) is 17.8. The monoisotopic (exact) mass is 354 g/mol. The maximum atomic E-state index is 5.93. The Morgan fingerprint density at radius 3 is 2.38 bits per heavy atom. The van der Waals surface area contributed by atoms with Gasteiger partial charge in [0.1, 0.15) is 5.75 Å². The Bertz CT molecular complexity index is 905. The van der Waals surface area contributed by atoms with Gasteiger partial charge >= 0.3 is 0 Å². The summed E-state index contributed by atoms with van der Waals surface area (Å²) >= 11 is 0. The SMILES string of the molecule is COc1ccc(-c2noc(C(C)Oc3ccc(C)c(C)c3)n2)cc1OC. The molecule has 0 amide bonds. The Balaban J connectivity index is 1.79.